The van der Waals surface area contributed by atoms with E-state index < -0.39 is 23.6 Å². The zero-order valence-corrected chi connectivity index (χ0v) is 19.8. The summed E-state index contributed by atoms with van der Waals surface area (Å²) in [6.07, 6.45) is -4.44. The average Bonchev–Trinajstić information content (AvgIpc) is 3.09. The molecule has 4 aromatic rings. The molecule has 4 rings (SSSR count). The van der Waals surface area contributed by atoms with Crippen LogP contribution in [-0.4, -0.2) is 21.6 Å². The molecule has 0 bridgehead atoms. The Morgan fingerprint density at radius 2 is 1.64 bits per heavy atom. The molecule has 1 aromatic heterocycles. The van der Waals surface area contributed by atoms with Crippen molar-refractivity contribution in [1.82, 2.24) is 4.57 Å². The SMILES string of the molecule is Cn1c(C(=O)O)cc2cc(NC(=O)c3ccccc3-c3ccc(C(F)(F)F)cc3)ccc21.[H-].[Na+]. The summed E-state index contributed by atoms with van der Waals surface area (Å²) in [5.41, 5.74) is 1.79. The van der Waals surface area contributed by atoms with E-state index in [4.69, 9.17) is 0 Å². The van der Waals surface area contributed by atoms with E-state index in [1.54, 1.807) is 54.1 Å². The van der Waals surface area contributed by atoms with Crippen LogP contribution in [0.25, 0.3) is 22.0 Å². The van der Waals surface area contributed by atoms with Crippen molar-refractivity contribution in [2.75, 3.05) is 5.32 Å². The number of fused-ring (bicyclic) bond motifs is 1. The number of amides is 1. The van der Waals surface area contributed by atoms with Crippen LogP contribution in [0.5, 0.6) is 0 Å². The standard InChI is InChI=1S/C24H17F3N2O3.Na.H/c1-29-20-11-10-17(12-15(20)13-21(29)23(31)32)28-22(30)19-5-3-2-4-18(19)14-6-8-16(9-7-14)24(25,26)27;;/h2-13H,1H3,(H,28,30)(H,31,32);;/q;+1;-1. The Morgan fingerprint density at radius 1 is 0.970 bits per heavy atom. The molecular weight excluding hydrogens is 444 g/mol. The fourth-order valence-electron chi connectivity index (χ4n) is 3.60. The van der Waals surface area contributed by atoms with E-state index >= 15 is 0 Å². The van der Waals surface area contributed by atoms with Crippen LogP contribution in [0.3, 0.4) is 0 Å². The second-order valence-electron chi connectivity index (χ2n) is 7.24. The number of anilines is 1. The first-order valence-electron chi connectivity index (χ1n) is 9.56. The second-order valence-corrected chi connectivity index (χ2v) is 7.24. The van der Waals surface area contributed by atoms with Gasteiger partial charge in [-0.2, -0.15) is 13.2 Å². The van der Waals surface area contributed by atoms with Crippen LogP contribution in [0.15, 0.2) is 72.8 Å². The Bertz CT molecular complexity index is 1350. The molecule has 0 aliphatic rings. The topological polar surface area (TPSA) is 71.3 Å². The van der Waals surface area contributed by atoms with Gasteiger partial charge in [-0.1, -0.05) is 30.3 Å². The van der Waals surface area contributed by atoms with Crippen molar-refractivity contribution in [2.24, 2.45) is 7.05 Å². The smallest absolute Gasteiger partial charge is 1.00 e. The van der Waals surface area contributed by atoms with Gasteiger partial charge < -0.3 is 16.4 Å². The molecule has 164 valence electrons. The number of benzene rings is 3. The Labute approximate surface area is 210 Å². The number of aryl methyl sites for hydroxylation is 1. The molecule has 1 amide bonds. The fourth-order valence-corrected chi connectivity index (χ4v) is 3.60. The first kappa shape index (κ1) is 24.6. The van der Waals surface area contributed by atoms with E-state index in [1.807, 2.05) is 0 Å². The summed E-state index contributed by atoms with van der Waals surface area (Å²) in [6, 6.07) is 17.8. The van der Waals surface area contributed by atoms with E-state index in [0.29, 0.717) is 33.3 Å². The molecule has 0 aliphatic carbocycles. The van der Waals surface area contributed by atoms with Gasteiger partial charge in [-0.05, 0) is 53.6 Å². The molecule has 5 nitrogen and oxygen atoms in total. The van der Waals surface area contributed by atoms with E-state index in [2.05, 4.69) is 5.32 Å². The molecule has 0 saturated heterocycles. The van der Waals surface area contributed by atoms with Crippen molar-refractivity contribution in [3.8, 4) is 11.1 Å². The largest absolute Gasteiger partial charge is 1.00 e. The molecule has 0 radical (unpaired) electrons. The van der Waals surface area contributed by atoms with E-state index in [9.17, 15) is 27.9 Å². The van der Waals surface area contributed by atoms with Crippen molar-refractivity contribution >= 4 is 28.5 Å². The number of halogens is 3. The summed E-state index contributed by atoms with van der Waals surface area (Å²) in [4.78, 5) is 24.3. The summed E-state index contributed by atoms with van der Waals surface area (Å²) in [7, 11) is 1.64. The molecule has 33 heavy (non-hydrogen) atoms. The van der Waals surface area contributed by atoms with Gasteiger partial charge in [0.05, 0.1) is 5.56 Å². The predicted molar refractivity (Wildman–Crippen MR) is 116 cm³/mol. The minimum atomic E-state index is -4.44. The number of nitrogens with zero attached hydrogens (tertiary/aromatic N) is 1. The third kappa shape index (κ3) is 4.98. The van der Waals surface area contributed by atoms with Gasteiger partial charge in [0.25, 0.3) is 5.91 Å². The Kier molecular flexibility index (Phi) is 7.02. The van der Waals surface area contributed by atoms with Crippen molar-refractivity contribution in [1.29, 1.82) is 0 Å². The monoisotopic (exact) mass is 462 g/mol. The maximum atomic E-state index is 13.0. The molecule has 1 heterocycles. The van der Waals surface area contributed by atoms with Gasteiger partial charge >= 0.3 is 41.7 Å². The van der Waals surface area contributed by atoms with Gasteiger partial charge in [-0.15, -0.1) is 0 Å². The molecule has 0 saturated carbocycles. The van der Waals surface area contributed by atoms with Crippen molar-refractivity contribution in [2.45, 2.75) is 6.18 Å². The molecule has 9 heteroatoms. The number of nitrogens with one attached hydrogen (secondary N) is 1. The molecule has 0 atom stereocenters. The average molecular weight is 462 g/mol. The van der Waals surface area contributed by atoms with Crippen molar-refractivity contribution in [3.05, 3.63) is 89.6 Å². The van der Waals surface area contributed by atoms with Gasteiger partial charge in [-0.25, -0.2) is 4.79 Å². The van der Waals surface area contributed by atoms with Crippen LogP contribution in [0.1, 0.15) is 27.8 Å². The Hall–Kier alpha value is -3.07. The zero-order valence-electron chi connectivity index (χ0n) is 18.8. The normalized spacial score (nSPS) is 11.2. The predicted octanol–water partition coefficient (Wildman–Crippen LogP) is 2.93. The maximum absolute atomic E-state index is 13.0. The van der Waals surface area contributed by atoms with Crippen LogP contribution >= 0.6 is 0 Å². The molecule has 0 aliphatic heterocycles. The number of carboxylic acids is 1. The van der Waals surface area contributed by atoms with E-state index in [1.165, 1.54) is 18.2 Å². The zero-order chi connectivity index (χ0) is 23.0. The number of aromatic carboxylic acids is 1. The quantitative estimate of drug-likeness (QED) is 0.459. The molecule has 0 fully saturated rings. The third-order valence-electron chi connectivity index (χ3n) is 5.21. The van der Waals surface area contributed by atoms with Gasteiger partial charge in [-0.3, -0.25) is 4.79 Å². The summed E-state index contributed by atoms with van der Waals surface area (Å²) in [5, 5.41) is 12.7. The van der Waals surface area contributed by atoms with Crippen LogP contribution in [0.2, 0.25) is 0 Å². The van der Waals surface area contributed by atoms with Crippen LogP contribution < -0.4 is 34.9 Å². The molecule has 0 unspecified atom stereocenters. The fraction of sp³-hybridized carbons (Fsp3) is 0.0833. The Balaban J connectivity index is 0.00000204. The molecule has 2 N–H and O–H groups in total. The van der Waals surface area contributed by atoms with Crippen molar-refractivity contribution in [3.63, 3.8) is 0 Å². The minimum Gasteiger partial charge on any atom is -1.00 e. The van der Waals surface area contributed by atoms with E-state index in [0.717, 1.165) is 12.1 Å². The first-order chi connectivity index (χ1) is 15.1. The van der Waals surface area contributed by atoms with Crippen molar-refractivity contribution < 1.29 is 58.9 Å². The maximum Gasteiger partial charge on any atom is 1.00 e. The van der Waals surface area contributed by atoms with Crippen LogP contribution in [0.4, 0.5) is 18.9 Å². The first-order valence-corrected chi connectivity index (χ1v) is 9.56. The minimum absolute atomic E-state index is 0. The summed E-state index contributed by atoms with van der Waals surface area (Å²) < 4.78 is 40.1. The molecule has 0 spiro atoms. The molecule has 3 aromatic carbocycles. The van der Waals surface area contributed by atoms with E-state index in [-0.39, 0.29) is 36.7 Å². The number of alkyl halides is 3. The second kappa shape index (κ2) is 9.43. The Morgan fingerprint density at radius 3 is 2.27 bits per heavy atom. The number of hydrogen-bond acceptors (Lipinski definition) is 2. The van der Waals surface area contributed by atoms with Crippen LogP contribution in [0, 0.1) is 0 Å². The number of carboxylic acid groups (broad SMARTS) is 1. The van der Waals surface area contributed by atoms with Gasteiger partial charge in [0.1, 0.15) is 5.69 Å². The third-order valence-corrected chi connectivity index (χ3v) is 5.21. The van der Waals surface area contributed by atoms with Crippen LogP contribution in [-0.2, 0) is 13.2 Å². The van der Waals surface area contributed by atoms with Gasteiger partial charge in [0, 0.05) is 29.2 Å². The molecular formula is C24H18F3N2NaO3. The summed E-state index contributed by atoms with van der Waals surface area (Å²) >= 11 is 0. The van der Waals surface area contributed by atoms with Gasteiger partial charge in [0.15, 0.2) is 0 Å². The summed E-state index contributed by atoms with van der Waals surface area (Å²) in [6.45, 7) is 0. The number of aromatic nitrogens is 1. The van der Waals surface area contributed by atoms with Gasteiger partial charge in [0.2, 0.25) is 0 Å². The number of carbonyl (C=O) groups excluding carboxylic acids is 1. The number of rotatable bonds is 4. The number of hydrogen-bond donors (Lipinski definition) is 2. The number of carbonyl (C=O) groups is 2. The summed E-state index contributed by atoms with van der Waals surface area (Å²) in [5.74, 6) is -1.49.